The zero-order chi connectivity index (χ0) is 19.4. The predicted octanol–water partition coefficient (Wildman–Crippen LogP) is 1.51. The van der Waals surface area contributed by atoms with Crippen molar-refractivity contribution in [1.29, 1.82) is 0 Å². The van der Waals surface area contributed by atoms with E-state index in [2.05, 4.69) is 5.32 Å². The average molecular weight is 384 g/mol. The zero-order valence-electron chi connectivity index (χ0n) is 15.6. The van der Waals surface area contributed by atoms with Crippen LogP contribution in [0.5, 0.6) is 0 Å². The highest BCUT2D eigenvalue weighted by Gasteiger charge is 2.20. The van der Waals surface area contributed by atoms with E-state index < -0.39 is 10.0 Å². The molecule has 146 valence electrons. The normalized spacial score (nSPS) is 12.0. The second kappa shape index (κ2) is 11.8. The number of carbonyl (C=O) groups excluding carboxylic acids is 1. The lowest BCUT2D eigenvalue weighted by atomic mass is 10.2. The van der Waals surface area contributed by atoms with Crippen LogP contribution in [0.3, 0.4) is 0 Å². The molecule has 7 nitrogen and oxygen atoms in total. The van der Waals surface area contributed by atoms with E-state index in [1.807, 2.05) is 0 Å². The minimum atomic E-state index is -3.46. The number of hydrogen-bond donors (Lipinski definition) is 1. The summed E-state index contributed by atoms with van der Waals surface area (Å²) in [7, 11) is -1.87. The van der Waals surface area contributed by atoms with Crippen molar-refractivity contribution in [2.75, 3.05) is 46.6 Å². The van der Waals surface area contributed by atoms with Crippen LogP contribution >= 0.6 is 0 Å². The summed E-state index contributed by atoms with van der Waals surface area (Å²) in [6.07, 6.45) is 3.04. The zero-order valence-corrected chi connectivity index (χ0v) is 16.4. The molecule has 0 aliphatic rings. The fourth-order valence-corrected chi connectivity index (χ4v) is 3.64. The predicted molar refractivity (Wildman–Crippen MR) is 101 cm³/mol. The van der Waals surface area contributed by atoms with Gasteiger partial charge in [0.2, 0.25) is 15.9 Å². The molecule has 1 aromatic carbocycles. The summed E-state index contributed by atoms with van der Waals surface area (Å²) in [5.41, 5.74) is 0.745. The Hall–Kier alpha value is -1.74. The van der Waals surface area contributed by atoms with E-state index in [0.29, 0.717) is 39.5 Å². The van der Waals surface area contributed by atoms with Gasteiger partial charge in [-0.05, 0) is 23.8 Å². The maximum Gasteiger partial charge on any atom is 0.244 e. The summed E-state index contributed by atoms with van der Waals surface area (Å²) in [4.78, 5) is 12.0. The number of rotatable bonds is 12. The summed E-state index contributed by atoms with van der Waals surface area (Å²) in [5.74, 6) is -0.236. The fraction of sp³-hybridized carbons (Fsp3) is 0.500. The Morgan fingerprint density at radius 2 is 1.77 bits per heavy atom. The summed E-state index contributed by atoms with van der Waals surface area (Å²) < 4.78 is 36.3. The van der Waals surface area contributed by atoms with Crippen molar-refractivity contribution in [2.24, 2.45) is 0 Å². The van der Waals surface area contributed by atoms with Gasteiger partial charge in [0, 0.05) is 32.8 Å². The molecule has 0 aliphatic heterocycles. The SMILES string of the molecule is CCN(CC)S(=O)(=O)c1ccc(/C=C/C(=O)NCCOCCOC)cc1. The number of ether oxygens (including phenoxy) is 2. The third-order valence-corrected chi connectivity index (χ3v) is 5.69. The van der Waals surface area contributed by atoms with Crippen LogP contribution in [0, 0.1) is 0 Å². The highest BCUT2D eigenvalue weighted by atomic mass is 32.2. The first kappa shape index (κ1) is 22.3. The van der Waals surface area contributed by atoms with Crippen molar-refractivity contribution in [3.8, 4) is 0 Å². The van der Waals surface area contributed by atoms with E-state index >= 15 is 0 Å². The van der Waals surface area contributed by atoms with Crippen molar-refractivity contribution in [2.45, 2.75) is 18.7 Å². The number of hydrogen-bond acceptors (Lipinski definition) is 5. The van der Waals surface area contributed by atoms with E-state index in [-0.39, 0.29) is 10.8 Å². The Morgan fingerprint density at radius 1 is 1.12 bits per heavy atom. The van der Waals surface area contributed by atoms with Crippen LogP contribution in [0.4, 0.5) is 0 Å². The third kappa shape index (κ3) is 7.25. The van der Waals surface area contributed by atoms with Gasteiger partial charge in [0.15, 0.2) is 0 Å². The summed E-state index contributed by atoms with van der Waals surface area (Å²) in [5, 5.41) is 2.70. The van der Waals surface area contributed by atoms with Crippen LogP contribution in [0.1, 0.15) is 19.4 Å². The lowest BCUT2D eigenvalue weighted by Gasteiger charge is -2.18. The Balaban J connectivity index is 2.53. The Kier molecular flexibility index (Phi) is 10.1. The molecule has 0 bridgehead atoms. The number of methoxy groups -OCH3 is 1. The number of carbonyl (C=O) groups is 1. The molecule has 0 saturated heterocycles. The number of nitrogens with zero attached hydrogens (tertiary/aromatic N) is 1. The summed E-state index contributed by atoms with van der Waals surface area (Å²) >= 11 is 0. The lowest BCUT2D eigenvalue weighted by molar-refractivity contribution is -0.116. The Labute approximate surface area is 156 Å². The number of sulfonamides is 1. The van der Waals surface area contributed by atoms with Gasteiger partial charge in [0.1, 0.15) is 0 Å². The van der Waals surface area contributed by atoms with Crippen molar-refractivity contribution in [3.05, 3.63) is 35.9 Å². The van der Waals surface area contributed by atoms with Gasteiger partial charge in [0.05, 0.1) is 24.7 Å². The molecule has 26 heavy (non-hydrogen) atoms. The molecular weight excluding hydrogens is 356 g/mol. The van der Waals surface area contributed by atoms with Crippen LogP contribution < -0.4 is 5.32 Å². The summed E-state index contributed by atoms with van der Waals surface area (Å²) in [6.45, 7) is 6.30. The van der Waals surface area contributed by atoms with Gasteiger partial charge >= 0.3 is 0 Å². The maximum atomic E-state index is 12.4. The monoisotopic (exact) mass is 384 g/mol. The molecule has 0 aliphatic carbocycles. The van der Waals surface area contributed by atoms with Gasteiger partial charge in [-0.2, -0.15) is 4.31 Å². The molecule has 0 atom stereocenters. The van der Waals surface area contributed by atoms with Gasteiger partial charge < -0.3 is 14.8 Å². The second-order valence-electron chi connectivity index (χ2n) is 5.39. The molecule has 0 aromatic heterocycles. The van der Waals surface area contributed by atoms with E-state index in [4.69, 9.17) is 9.47 Å². The largest absolute Gasteiger partial charge is 0.382 e. The topological polar surface area (TPSA) is 84.9 Å². The quantitative estimate of drug-likeness (QED) is 0.436. The molecule has 1 N–H and O–H groups in total. The highest BCUT2D eigenvalue weighted by molar-refractivity contribution is 7.89. The molecule has 0 heterocycles. The Bertz CT molecular complexity index is 667. The van der Waals surface area contributed by atoms with Gasteiger partial charge in [-0.25, -0.2) is 8.42 Å². The molecule has 0 saturated carbocycles. The number of benzene rings is 1. The number of nitrogens with one attached hydrogen (secondary N) is 1. The molecular formula is C18H28N2O5S. The van der Waals surface area contributed by atoms with E-state index in [1.165, 1.54) is 10.4 Å². The Morgan fingerprint density at radius 3 is 2.35 bits per heavy atom. The highest BCUT2D eigenvalue weighted by Crippen LogP contribution is 2.16. The average Bonchev–Trinajstić information content (AvgIpc) is 2.64. The van der Waals surface area contributed by atoms with Crippen LogP contribution in [-0.2, 0) is 24.3 Å². The molecule has 0 spiro atoms. The second-order valence-corrected chi connectivity index (χ2v) is 7.33. The minimum Gasteiger partial charge on any atom is -0.382 e. The van der Waals surface area contributed by atoms with E-state index in [1.54, 1.807) is 51.3 Å². The minimum absolute atomic E-state index is 0.236. The van der Waals surface area contributed by atoms with Crippen molar-refractivity contribution < 1.29 is 22.7 Å². The third-order valence-electron chi connectivity index (χ3n) is 3.63. The molecule has 1 aromatic rings. The first-order valence-electron chi connectivity index (χ1n) is 8.58. The van der Waals surface area contributed by atoms with Crippen molar-refractivity contribution in [3.63, 3.8) is 0 Å². The summed E-state index contributed by atoms with van der Waals surface area (Å²) in [6, 6.07) is 6.45. The fourth-order valence-electron chi connectivity index (χ4n) is 2.19. The van der Waals surface area contributed by atoms with Crippen LogP contribution in [0.2, 0.25) is 0 Å². The van der Waals surface area contributed by atoms with Crippen LogP contribution in [0.25, 0.3) is 6.08 Å². The molecule has 0 radical (unpaired) electrons. The van der Waals surface area contributed by atoms with Gasteiger partial charge in [-0.15, -0.1) is 0 Å². The first-order valence-corrected chi connectivity index (χ1v) is 10.0. The van der Waals surface area contributed by atoms with Crippen LogP contribution in [-0.4, -0.2) is 65.2 Å². The van der Waals surface area contributed by atoms with E-state index in [9.17, 15) is 13.2 Å². The van der Waals surface area contributed by atoms with Gasteiger partial charge in [0.25, 0.3) is 0 Å². The van der Waals surface area contributed by atoms with Gasteiger partial charge in [-0.1, -0.05) is 26.0 Å². The maximum absolute atomic E-state index is 12.4. The lowest BCUT2D eigenvalue weighted by Crippen LogP contribution is -2.30. The first-order chi connectivity index (χ1) is 12.5. The smallest absolute Gasteiger partial charge is 0.244 e. The van der Waals surface area contributed by atoms with Crippen molar-refractivity contribution in [1.82, 2.24) is 9.62 Å². The molecule has 8 heteroatoms. The standard InChI is InChI=1S/C18H28N2O5S/c1-4-20(5-2)26(22,23)17-9-6-16(7-10-17)8-11-18(21)19-12-13-25-15-14-24-3/h6-11H,4-5,12-15H2,1-3H3,(H,19,21)/b11-8+. The molecule has 1 amide bonds. The van der Waals surface area contributed by atoms with Crippen molar-refractivity contribution >= 4 is 22.0 Å². The molecule has 0 unspecified atom stereocenters. The van der Waals surface area contributed by atoms with Crippen LogP contribution in [0.15, 0.2) is 35.2 Å². The molecule has 0 fully saturated rings. The molecule has 1 rings (SSSR count). The van der Waals surface area contributed by atoms with E-state index in [0.717, 1.165) is 5.56 Å². The number of amides is 1. The van der Waals surface area contributed by atoms with Gasteiger partial charge in [-0.3, -0.25) is 4.79 Å².